The van der Waals surface area contributed by atoms with Gasteiger partial charge in [0.25, 0.3) is 5.56 Å². The Labute approximate surface area is 203 Å². The van der Waals surface area contributed by atoms with E-state index in [1.165, 1.54) is 64.5 Å². The molecule has 35 heavy (non-hydrogen) atoms. The SMILES string of the molecule is COC(=O)c1c(NC(=O)Cn2cnc3c(cnn3-c3ccc(F)cc3)c2=O)sc2c1CC[C@H](C)C2. The number of hydrogen-bond donors (Lipinski definition) is 1. The second-order valence-corrected chi connectivity index (χ2v) is 9.65. The van der Waals surface area contributed by atoms with Gasteiger partial charge in [-0.3, -0.25) is 14.2 Å². The highest BCUT2D eigenvalue weighted by Gasteiger charge is 2.29. The molecule has 4 aromatic rings. The van der Waals surface area contributed by atoms with E-state index in [2.05, 4.69) is 22.3 Å². The normalized spacial score (nSPS) is 15.1. The van der Waals surface area contributed by atoms with Crippen LogP contribution in [-0.4, -0.2) is 38.3 Å². The predicted octanol–water partition coefficient (Wildman–Crippen LogP) is 3.33. The Morgan fingerprint density at radius 2 is 2.06 bits per heavy atom. The molecular weight excluding hydrogens is 473 g/mol. The number of amides is 1. The third kappa shape index (κ3) is 4.23. The Morgan fingerprint density at radius 3 is 2.80 bits per heavy atom. The van der Waals surface area contributed by atoms with Crippen LogP contribution in [0.2, 0.25) is 0 Å². The lowest BCUT2D eigenvalue weighted by atomic mass is 9.88. The van der Waals surface area contributed by atoms with Crippen molar-refractivity contribution in [3.63, 3.8) is 0 Å². The fourth-order valence-corrected chi connectivity index (χ4v) is 5.73. The number of thiophene rings is 1. The number of fused-ring (bicyclic) bond motifs is 2. The highest BCUT2D eigenvalue weighted by Crippen LogP contribution is 2.40. The summed E-state index contributed by atoms with van der Waals surface area (Å²) in [7, 11) is 1.32. The maximum atomic E-state index is 13.2. The number of nitrogens with zero attached hydrogens (tertiary/aromatic N) is 4. The van der Waals surface area contributed by atoms with E-state index in [1.54, 1.807) is 0 Å². The molecule has 11 heteroatoms. The molecule has 0 spiro atoms. The van der Waals surface area contributed by atoms with E-state index < -0.39 is 17.4 Å². The second kappa shape index (κ2) is 9.06. The van der Waals surface area contributed by atoms with Gasteiger partial charge < -0.3 is 10.1 Å². The molecule has 1 aliphatic rings. The molecule has 0 fully saturated rings. The first-order valence-corrected chi connectivity index (χ1v) is 11.9. The van der Waals surface area contributed by atoms with Gasteiger partial charge in [-0.15, -0.1) is 11.3 Å². The first-order valence-electron chi connectivity index (χ1n) is 11.1. The summed E-state index contributed by atoms with van der Waals surface area (Å²) in [6.45, 7) is 1.87. The van der Waals surface area contributed by atoms with Crippen LogP contribution in [0.5, 0.6) is 0 Å². The Hall–Kier alpha value is -3.86. The fourth-order valence-electron chi connectivity index (χ4n) is 4.31. The number of ether oxygens (including phenoxy) is 1. The maximum Gasteiger partial charge on any atom is 0.341 e. The zero-order chi connectivity index (χ0) is 24.7. The third-order valence-electron chi connectivity index (χ3n) is 6.09. The molecule has 0 aliphatic heterocycles. The quantitative estimate of drug-likeness (QED) is 0.426. The molecule has 180 valence electrons. The van der Waals surface area contributed by atoms with E-state index in [-0.39, 0.29) is 17.7 Å². The van der Waals surface area contributed by atoms with E-state index in [4.69, 9.17) is 4.74 Å². The topological polar surface area (TPSA) is 108 Å². The van der Waals surface area contributed by atoms with Gasteiger partial charge in [0.1, 0.15) is 29.1 Å². The summed E-state index contributed by atoms with van der Waals surface area (Å²) in [5.41, 5.74) is 1.74. The van der Waals surface area contributed by atoms with Crippen molar-refractivity contribution < 1.29 is 18.7 Å². The van der Waals surface area contributed by atoms with E-state index in [9.17, 15) is 18.8 Å². The Balaban J connectivity index is 1.41. The van der Waals surface area contributed by atoms with Crippen molar-refractivity contribution in [3.05, 3.63) is 69.0 Å². The average Bonchev–Trinajstić information content (AvgIpc) is 3.42. The number of esters is 1. The molecule has 1 aromatic carbocycles. The number of hydrogen-bond acceptors (Lipinski definition) is 7. The molecule has 0 unspecified atom stereocenters. The standard InChI is InChI=1S/C24H22FN5O4S/c1-13-3-8-16-18(9-13)35-22(20(16)24(33)34-2)28-19(31)11-29-12-26-21-17(23(29)32)10-27-30(21)15-6-4-14(25)5-7-15/h4-7,10,12-13H,3,8-9,11H2,1-2H3,(H,28,31)/t13-/m0/s1. The molecule has 0 saturated heterocycles. The molecule has 1 amide bonds. The van der Waals surface area contributed by atoms with Gasteiger partial charge in [-0.1, -0.05) is 6.92 Å². The molecule has 0 bridgehead atoms. The number of carbonyl (C=O) groups excluding carboxylic acids is 2. The largest absolute Gasteiger partial charge is 0.465 e. The van der Waals surface area contributed by atoms with E-state index in [1.807, 2.05) is 0 Å². The van der Waals surface area contributed by atoms with Gasteiger partial charge in [-0.2, -0.15) is 5.10 Å². The molecule has 9 nitrogen and oxygen atoms in total. The number of nitrogens with one attached hydrogen (secondary N) is 1. The van der Waals surface area contributed by atoms with Crippen LogP contribution in [0.3, 0.4) is 0 Å². The summed E-state index contributed by atoms with van der Waals surface area (Å²) < 4.78 is 20.8. The summed E-state index contributed by atoms with van der Waals surface area (Å²) >= 11 is 1.38. The lowest BCUT2D eigenvalue weighted by molar-refractivity contribution is -0.116. The molecule has 3 aromatic heterocycles. The van der Waals surface area contributed by atoms with Gasteiger partial charge in [0.2, 0.25) is 5.91 Å². The highest BCUT2D eigenvalue weighted by atomic mass is 32.1. The fraction of sp³-hybridized carbons (Fsp3) is 0.292. The number of rotatable bonds is 5. The van der Waals surface area contributed by atoms with Crippen molar-refractivity contribution in [2.75, 3.05) is 12.4 Å². The van der Waals surface area contributed by atoms with Crippen molar-refractivity contribution >= 4 is 39.2 Å². The lowest BCUT2D eigenvalue weighted by Gasteiger charge is -2.18. The smallest absolute Gasteiger partial charge is 0.341 e. The lowest BCUT2D eigenvalue weighted by Crippen LogP contribution is -2.28. The van der Waals surface area contributed by atoms with Crippen molar-refractivity contribution in [2.24, 2.45) is 5.92 Å². The minimum Gasteiger partial charge on any atom is -0.465 e. The van der Waals surface area contributed by atoms with Crippen LogP contribution in [0.1, 0.15) is 34.1 Å². The minimum atomic E-state index is -0.485. The number of carbonyl (C=O) groups is 2. The van der Waals surface area contributed by atoms with Crippen molar-refractivity contribution in [1.82, 2.24) is 19.3 Å². The Bertz CT molecular complexity index is 1500. The monoisotopic (exact) mass is 495 g/mol. The van der Waals surface area contributed by atoms with Crippen LogP contribution in [0.4, 0.5) is 9.39 Å². The molecule has 0 saturated carbocycles. The van der Waals surface area contributed by atoms with Crippen molar-refractivity contribution in [1.29, 1.82) is 0 Å². The predicted molar refractivity (Wildman–Crippen MR) is 129 cm³/mol. The minimum absolute atomic E-state index is 0.223. The van der Waals surface area contributed by atoms with Crippen molar-refractivity contribution in [3.8, 4) is 5.69 Å². The summed E-state index contributed by atoms with van der Waals surface area (Å²) in [6, 6.07) is 5.64. The van der Waals surface area contributed by atoms with E-state index >= 15 is 0 Å². The number of anilines is 1. The van der Waals surface area contributed by atoms with Crippen LogP contribution in [0.25, 0.3) is 16.7 Å². The molecule has 1 atom stereocenters. The second-order valence-electron chi connectivity index (χ2n) is 8.54. The summed E-state index contributed by atoms with van der Waals surface area (Å²) in [5.74, 6) is -0.831. The van der Waals surface area contributed by atoms with Crippen LogP contribution in [0.15, 0.2) is 41.6 Å². The first kappa shape index (κ1) is 22.9. The molecule has 0 radical (unpaired) electrons. The maximum absolute atomic E-state index is 13.2. The number of methoxy groups -OCH3 is 1. The zero-order valence-electron chi connectivity index (χ0n) is 19.1. The van der Waals surface area contributed by atoms with Crippen LogP contribution in [0, 0.1) is 11.7 Å². The van der Waals surface area contributed by atoms with E-state index in [0.29, 0.717) is 27.8 Å². The van der Waals surface area contributed by atoms with Gasteiger partial charge in [0.05, 0.1) is 24.6 Å². The van der Waals surface area contributed by atoms with Crippen molar-refractivity contribution in [2.45, 2.75) is 32.7 Å². The van der Waals surface area contributed by atoms with Crippen LogP contribution in [-0.2, 0) is 28.9 Å². The molecule has 1 N–H and O–H groups in total. The Kier molecular flexibility index (Phi) is 5.93. The highest BCUT2D eigenvalue weighted by molar-refractivity contribution is 7.17. The Morgan fingerprint density at radius 1 is 1.29 bits per heavy atom. The van der Waals surface area contributed by atoms with Crippen LogP contribution >= 0.6 is 11.3 Å². The summed E-state index contributed by atoms with van der Waals surface area (Å²) in [6.07, 6.45) is 5.21. The summed E-state index contributed by atoms with van der Waals surface area (Å²) in [5, 5.41) is 7.65. The van der Waals surface area contributed by atoms with E-state index in [0.717, 1.165) is 29.7 Å². The molecule has 5 rings (SSSR count). The van der Waals surface area contributed by atoms with Gasteiger partial charge in [-0.25, -0.2) is 18.9 Å². The first-order chi connectivity index (χ1) is 16.9. The average molecular weight is 496 g/mol. The number of halogens is 1. The molecule has 1 aliphatic carbocycles. The number of aromatic nitrogens is 4. The van der Waals surface area contributed by atoms with Gasteiger partial charge in [0, 0.05) is 4.88 Å². The molecular formula is C24H22FN5O4S. The summed E-state index contributed by atoms with van der Waals surface area (Å²) in [4.78, 5) is 43.7. The molecule has 3 heterocycles. The van der Waals surface area contributed by atoms with Crippen LogP contribution < -0.4 is 10.9 Å². The van der Waals surface area contributed by atoms with Gasteiger partial charge in [-0.05, 0) is 55.0 Å². The van der Waals surface area contributed by atoms with Gasteiger partial charge in [0.15, 0.2) is 5.65 Å². The third-order valence-corrected chi connectivity index (χ3v) is 7.26. The van der Waals surface area contributed by atoms with Gasteiger partial charge >= 0.3 is 5.97 Å². The number of benzene rings is 1. The zero-order valence-corrected chi connectivity index (χ0v) is 19.9.